The summed E-state index contributed by atoms with van der Waals surface area (Å²) in [5.41, 5.74) is 3.91. The summed E-state index contributed by atoms with van der Waals surface area (Å²) in [4.78, 5) is 23.8. The van der Waals surface area contributed by atoms with Crippen LogP contribution in [0.15, 0.2) is 70.9 Å². The summed E-state index contributed by atoms with van der Waals surface area (Å²) in [5.74, 6) is 0.452. The van der Waals surface area contributed by atoms with Gasteiger partial charge in [0.15, 0.2) is 15.6 Å². The van der Waals surface area contributed by atoms with Crippen molar-refractivity contribution in [3.8, 4) is 5.75 Å². The lowest BCUT2D eigenvalue weighted by atomic mass is 9.87. The number of nitroso groups, excluding NO2 is 1. The molecule has 1 unspecified atom stereocenters. The van der Waals surface area contributed by atoms with Gasteiger partial charge in [0.1, 0.15) is 5.75 Å². The number of thiophene rings is 1. The number of amides is 1. The quantitative estimate of drug-likeness (QED) is 0.355. The molecule has 8 heteroatoms. The van der Waals surface area contributed by atoms with Gasteiger partial charge in [-0.25, -0.2) is 0 Å². The van der Waals surface area contributed by atoms with Crippen LogP contribution >= 0.6 is 23.1 Å². The molecule has 1 aliphatic heterocycles. The van der Waals surface area contributed by atoms with Crippen molar-refractivity contribution in [2.24, 2.45) is 5.18 Å². The minimum Gasteiger partial charge on any atom is -0.448 e. The van der Waals surface area contributed by atoms with Crippen molar-refractivity contribution in [2.75, 3.05) is 0 Å². The Morgan fingerprint density at radius 1 is 1.06 bits per heavy atom. The van der Waals surface area contributed by atoms with Crippen LogP contribution in [0.1, 0.15) is 54.1 Å². The van der Waals surface area contributed by atoms with Crippen LogP contribution in [0.25, 0.3) is 5.70 Å². The number of nitrogens with one attached hydrogen (secondary N) is 2. The Morgan fingerprint density at radius 2 is 1.76 bits per heavy atom. The molecule has 0 radical (unpaired) electrons. The summed E-state index contributed by atoms with van der Waals surface area (Å²) in [7, 11) is 0. The van der Waals surface area contributed by atoms with Crippen molar-refractivity contribution in [3.05, 3.63) is 92.2 Å². The molecule has 4 rings (SSSR count). The maximum atomic E-state index is 12.7. The number of benzene rings is 2. The Kier molecular flexibility index (Phi) is 7.09. The molecule has 1 atom stereocenters. The summed E-state index contributed by atoms with van der Waals surface area (Å²) in [6.45, 7) is 8.65. The predicted octanol–water partition coefficient (Wildman–Crippen LogP) is 6.76. The monoisotopic (exact) mass is 493 g/mol. The molecule has 0 aliphatic carbocycles. The number of carbonyl (C=O) groups is 1. The Morgan fingerprint density at radius 3 is 2.35 bits per heavy atom. The molecule has 34 heavy (non-hydrogen) atoms. The van der Waals surface area contributed by atoms with E-state index in [2.05, 4.69) is 79.9 Å². The summed E-state index contributed by atoms with van der Waals surface area (Å²) < 4.78 is 6.28. The first-order valence-corrected chi connectivity index (χ1v) is 12.8. The molecular formula is C26H27N3O3S2. The van der Waals surface area contributed by atoms with E-state index in [4.69, 9.17) is 4.74 Å². The normalized spacial score (nSPS) is 15.7. The molecule has 6 nitrogen and oxygen atoms in total. The van der Waals surface area contributed by atoms with Gasteiger partial charge in [0.05, 0.1) is 10.6 Å². The molecule has 1 aliphatic rings. The fourth-order valence-corrected chi connectivity index (χ4v) is 5.14. The molecule has 2 N–H and O–H groups in total. The smallest absolute Gasteiger partial charge is 0.263 e. The fourth-order valence-electron chi connectivity index (χ4n) is 3.45. The van der Waals surface area contributed by atoms with Crippen molar-refractivity contribution in [1.29, 1.82) is 0 Å². The summed E-state index contributed by atoms with van der Waals surface area (Å²) in [6.07, 6.45) is 0.960. The topological polar surface area (TPSA) is 79.8 Å². The maximum Gasteiger partial charge on any atom is 0.263 e. The number of nitrogens with zero attached hydrogens (tertiary/aromatic N) is 1. The lowest BCUT2D eigenvalue weighted by molar-refractivity contribution is 0.0952. The van der Waals surface area contributed by atoms with E-state index in [9.17, 15) is 9.70 Å². The number of hydrogen-bond acceptors (Lipinski definition) is 7. The number of aryl methyl sites for hydroxylation is 1. The van der Waals surface area contributed by atoms with E-state index in [1.807, 2.05) is 12.1 Å². The number of thioether (sulfide) groups is 1. The Bertz CT molecular complexity index is 1210. The number of rotatable bonds is 7. The lowest BCUT2D eigenvalue weighted by Crippen LogP contribution is -2.39. The van der Waals surface area contributed by atoms with E-state index in [0.29, 0.717) is 9.97 Å². The van der Waals surface area contributed by atoms with Crippen LogP contribution < -0.4 is 15.4 Å². The first-order chi connectivity index (χ1) is 16.3. The zero-order chi connectivity index (χ0) is 24.3. The Hall–Kier alpha value is -3.10. The predicted molar refractivity (Wildman–Crippen MR) is 140 cm³/mol. The Balaban J connectivity index is 1.56. The third-order valence-corrected chi connectivity index (χ3v) is 7.39. The molecule has 1 aromatic heterocycles. The van der Waals surface area contributed by atoms with Crippen molar-refractivity contribution < 1.29 is 9.53 Å². The van der Waals surface area contributed by atoms with Gasteiger partial charge in [-0.3, -0.25) is 4.79 Å². The molecule has 0 spiro atoms. The highest BCUT2D eigenvalue weighted by molar-refractivity contribution is 8.03. The molecular weight excluding hydrogens is 466 g/mol. The molecule has 0 saturated heterocycles. The highest BCUT2D eigenvalue weighted by Crippen LogP contribution is 2.37. The molecule has 2 aromatic carbocycles. The van der Waals surface area contributed by atoms with E-state index < -0.39 is 5.50 Å². The number of ether oxygens (including phenoxy) is 1. The van der Waals surface area contributed by atoms with Gasteiger partial charge in [-0.1, -0.05) is 64.1 Å². The van der Waals surface area contributed by atoms with Gasteiger partial charge in [-0.15, -0.1) is 16.2 Å². The number of hydrogen-bond donors (Lipinski definition) is 2. The summed E-state index contributed by atoms with van der Waals surface area (Å²) >= 11 is 2.46. The van der Waals surface area contributed by atoms with Crippen LogP contribution in [0, 0.1) is 4.91 Å². The van der Waals surface area contributed by atoms with Gasteiger partial charge < -0.3 is 15.4 Å². The van der Waals surface area contributed by atoms with Gasteiger partial charge in [0.2, 0.25) is 0 Å². The highest BCUT2D eigenvalue weighted by atomic mass is 32.2. The third kappa shape index (κ3) is 5.51. The molecule has 3 aromatic rings. The third-order valence-electron chi connectivity index (χ3n) is 5.45. The van der Waals surface area contributed by atoms with Crippen LogP contribution in [-0.4, -0.2) is 11.4 Å². The minimum absolute atomic E-state index is 0.0596. The van der Waals surface area contributed by atoms with E-state index in [-0.39, 0.29) is 16.3 Å². The molecule has 0 fully saturated rings. The van der Waals surface area contributed by atoms with Gasteiger partial charge in [-0.2, -0.15) is 0 Å². The molecule has 2 heterocycles. The average Bonchev–Trinajstić information content (AvgIpc) is 3.46. The maximum absolute atomic E-state index is 12.7. The van der Waals surface area contributed by atoms with Crippen LogP contribution in [0.4, 0.5) is 5.00 Å². The zero-order valence-electron chi connectivity index (χ0n) is 19.5. The fraction of sp³-hybridized carbons (Fsp3) is 0.269. The van der Waals surface area contributed by atoms with Crippen molar-refractivity contribution in [2.45, 2.75) is 45.0 Å². The molecule has 176 valence electrons. The molecule has 0 saturated carbocycles. The average molecular weight is 494 g/mol. The number of carbonyl (C=O) groups excluding carboxylic acids is 1. The summed E-state index contributed by atoms with van der Waals surface area (Å²) in [6, 6.07) is 19.5. The second kappa shape index (κ2) is 10.0. The standard InChI is InChI=1S/C26H27N3O3S2/c1-5-16-6-8-17(9-7-16)22-24(32-19-12-10-18(11-13-19)26(2,3)4)34-25(27-22)28-23(30)20-14-15-21(29-31)33-20/h6-15,25,27H,5H2,1-4H3,(H,28,30). The second-order valence-corrected chi connectivity index (χ2v) is 11.1. The van der Waals surface area contributed by atoms with Crippen molar-refractivity contribution in [3.63, 3.8) is 0 Å². The van der Waals surface area contributed by atoms with Gasteiger partial charge in [0, 0.05) is 5.56 Å². The lowest BCUT2D eigenvalue weighted by Gasteiger charge is -2.19. The van der Waals surface area contributed by atoms with Crippen LogP contribution in [0.3, 0.4) is 0 Å². The van der Waals surface area contributed by atoms with Gasteiger partial charge >= 0.3 is 0 Å². The van der Waals surface area contributed by atoms with E-state index in [1.54, 1.807) is 6.07 Å². The van der Waals surface area contributed by atoms with E-state index in [1.165, 1.54) is 29.0 Å². The van der Waals surface area contributed by atoms with Crippen LogP contribution in [0.2, 0.25) is 0 Å². The van der Waals surface area contributed by atoms with E-state index in [0.717, 1.165) is 34.8 Å². The summed E-state index contributed by atoms with van der Waals surface area (Å²) in [5, 5.41) is 10.2. The molecule has 1 amide bonds. The van der Waals surface area contributed by atoms with Gasteiger partial charge in [-0.05, 0) is 64.2 Å². The van der Waals surface area contributed by atoms with Crippen LogP contribution in [-0.2, 0) is 11.8 Å². The zero-order valence-corrected chi connectivity index (χ0v) is 21.2. The largest absolute Gasteiger partial charge is 0.448 e. The molecule has 0 bridgehead atoms. The van der Waals surface area contributed by atoms with Crippen LogP contribution in [0.5, 0.6) is 5.75 Å². The van der Waals surface area contributed by atoms with Gasteiger partial charge in [0.25, 0.3) is 5.91 Å². The Labute approximate surface area is 207 Å². The van der Waals surface area contributed by atoms with Crippen molar-refractivity contribution in [1.82, 2.24) is 10.6 Å². The highest BCUT2D eigenvalue weighted by Gasteiger charge is 2.29. The second-order valence-electron chi connectivity index (χ2n) is 8.93. The SMILES string of the molecule is CCc1ccc(C2=C(Oc3ccc(C(C)(C)C)cc3)SC(NC(=O)c3ccc(N=O)s3)N2)cc1. The first kappa shape index (κ1) is 24.0. The van der Waals surface area contributed by atoms with E-state index >= 15 is 0 Å². The minimum atomic E-state index is -0.424. The van der Waals surface area contributed by atoms with Crippen molar-refractivity contribution >= 4 is 39.7 Å². The first-order valence-electron chi connectivity index (χ1n) is 11.1.